The van der Waals surface area contributed by atoms with E-state index >= 15 is 0 Å². The van der Waals surface area contributed by atoms with Gasteiger partial charge in [0.1, 0.15) is 0 Å². The molecule has 1 saturated carbocycles. The second kappa shape index (κ2) is 7.70. The van der Waals surface area contributed by atoms with E-state index in [0.29, 0.717) is 12.5 Å². The monoisotopic (exact) mass is 208 g/mol. The Morgan fingerprint density at radius 3 is 2.87 bits per heavy atom. The zero-order valence-electron chi connectivity index (χ0n) is 9.97. The molecule has 0 saturated heterocycles. The maximum absolute atomic E-state index is 8.47. The molecule has 1 aliphatic rings. The molecule has 0 bridgehead atoms. The van der Waals surface area contributed by atoms with Crippen molar-refractivity contribution in [1.82, 2.24) is 5.32 Å². The van der Waals surface area contributed by atoms with Crippen LogP contribution >= 0.6 is 0 Å². The molecular weight excluding hydrogens is 184 g/mol. The highest BCUT2D eigenvalue weighted by Crippen LogP contribution is 2.26. The van der Waals surface area contributed by atoms with Crippen molar-refractivity contribution in [3.63, 3.8) is 0 Å². The average molecular weight is 208 g/mol. The summed E-state index contributed by atoms with van der Waals surface area (Å²) in [6, 6.07) is 2.87. The molecule has 86 valence electrons. The molecule has 0 radical (unpaired) electrons. The second-order valence-corrected chi connectivity index (χ2v) is 4.72. The van der Waals surface area contributed by atoms with Gasteiger partial charge < -0.3 is 5.32 Å². The minimum atomic E-state index is 0.648. The van der Waals surface area contributed by atoms with E-state index in [1.54, 1.807) is 0 Å². The molecule has 0 aliphatic heterocycles. The van der Waals surface area contributed by atoms with Crippen molar-refractivity contribution < 1.29 is 0 Å². The van der Waals surface area contributed by atoms with Gasteiger partial charge in [-0.05, 0) is 25.2 Å². The molecule has 1 aliphatic carbocycles. The largest absolute Gasteiger partial charge is 0.313 e. The zero-order valence-corrected chi connectivity index (χ0v) is 9.97. The van der Waals surface area contributed by atoms with Crippen molar-refractivity contribution in [1.29, 1.82) is 5.26 Å². The van der Waals surface area contributed by atoms with Crippen LogP contribution in [0.5, 0.6) is 0 Å². The van der Waals surface area contributed by atoms with Crippen LogP contribution in [0.2, 0.25) is 0 Å². The van der Waals surface area contributed by atoms with Crippen molar-refractivity contribution in [3.8, 4) is 6.07 Å². The molecule has 1 fully saturated rings. The Labute approximate surface area is 94.1 Å². The number of hydrogen-bond acceptors (Lipinski definition) is 2. The summed E-state index contributed by atoms with van der Waals surface area (Å²) in [5.41, 5.74) is 0. The second-order valence-electron chi connectivity index (χ2n) is 4.72. The van der Waals surface area contributed by atoms with E-state index < -0.39 is 0 Å². The van der Waals surface area contributed by atoms with E-state index in [-0.39, 0.29) is 0 Å². The van der Waals surface area contributed by atoms with Crippen molar-refractivity contribution in [2.45, 2.75) is 64.3 Å². The van der Waals surface area contributed by atoms with Gasteiger partial charge in [-0.1, -0.05) is 32.6 Å². The Balaban J connectivity index is 2.18. The number of nitrogens with one attached hydrogen (secondary N) is 1. The van der Waals surface area contributed by atoms with Crippen LogP contribution in [-0.2, 0) is 0 Å². The third-order valence-electron chi connectivity index (χ3n) is 3.46. The molecule has 2 heteroatoms. The van der Waals surface area contributed by atoms with Gasteiger partial charge in [0, 0.05) is 19.0 Å². The van der Waals surface area contributed by atoms with Crippen LogP contribution in [0.1, 0.15) is 58.3 Å². The number of rotatable bonds is 5. The summed E-state index contributed by atoms with van der Waals surface area (Å²) in [5, 5.41) is 12.0. The van der Waals surface area contributed by atoms with Crippen LogP contribution in [0.3, 0.4) is 0 Å². The van der Waals surface area contributed by atoms with E-state index in [2.05, 4.69) is 18.3 Å². The van der Waals surface area contributed by atoms with Crippen LogP contribution < -0.4 is 5.32 Å². The summed E-state index contributed by atoms with van der Waals surface area (Å²) in [7, 11) is 0. The Morgan fingerprint density at radius 1 is 1.27 bits per heavy atom. The number of nitriles is 1. The van der Waals surface area contributed by atoms with Crippen molar-refractivity contribution >= 4 is 0 Å². The number of hydrogen-bond donors (Lipinski definition) is 1. The summed E-state index contributed by atoms with van der Waals surface area (Å²) in [6.45, 7) is 3.16. The Hall–Kier alpha value is -0.550. The summed E-state index contributed by atoms with van der Waals surface area (Å²) < 4.78 is 0. The van der Waals surface area contributed by atoms with Gasteiger partial charge in [-0.15, -0.1) is 0 Å². The molecule has 1 rings (SSSR count). The van der Waals surface area contributed by atoms with E-state index in [1.165, 1.54) is 44.9 Å². The normalized spacial score (nSPS) is 26.9. The molecule has 2 atom stereocenters. The van der Waals surface area contributed by atoms with Gasteiger partial charge in [0.15, 0.2) is 0 Å². The topological polar surface area (TPSA) is 35.8 Å². The van der Waals surface area contributed by atoms with Gasteiger partial charge in [-0.3, -0.25) is 0 Å². The molecule has 0 aromatic carbocycles. The first-order valence-electron chi connectivity index (χ1n) is 6.47. The lowest BCUT2D eigenvalue weighted by molar-refractivity contribution is 0.411. The summed E-state index contributed by atoms with van der Waals surface area (Å²) >= 11 is 0. The molecule has 0 amide bonds. The molecule has 0 aromatic heterocycles. The van der Waals surface area contributed by atoms with E-state index in [0.717, 1.165) is 12.5 Å². The van der Waals surface area contributed by atoms with E-state index in [4.69, 9.17) is 5.26 Å². The molecule has 2 nitrogen and oxygen atoms in total. The fraction of sp³-hybridized carbons (Fsp3) is 0.923. The fourth-order valence-electron chi connectivity index (χ4n) is 2.61. The smallest absolute Gasteiger partial charge is 0.0635 e. The minimum Gasteiger partial charge on any atom is -0.313 e. The van der Waals surface area contributed by atoms with Crippen molar-refractivity contribution in [2.24, 2.45) is 5.92 Å². The quantitative estimate of drug-likeness (QED) is 0.556. The summed E-state index contributed by atoms with van der Waals surface area (Å²) in [6.07, 6.45) is 10.2. The Kier molecular flexibility index (Phi) is 6.43. The molecular formula is C13H24N2. The molecule has 1 N–H and O–H groups in total. The maximum Gasteiger partial charge on any atom is 0.0635 e. The highest BCUT2D eigenvalue weighted by Gasteiger charge is 2.17. The zero-order chi connectivity index (χ0) is 10.9. The average Bonchev–Trinajstić information content (AvgIpc) is 2.45. The predicted octanol–water partition coefficient (Wildman–Crippen LogP) is 3.24. The highest BCUT2D eigenvalue weighted by molar-refractivity contribution is 4.77. The van der Waals surface area contributed by atoms with Crippen molar-refractivity contribution in [2.75, 3.05) is 6.54 Å². The highest BCUT2D eigenvalue weighted by atomic mass is 14.9. The van der Waals surface area contributed by atoms with Crippen LogP contribution in [0, 0.1) is 17.2 Å². The molecule has 15 heavy (non-hydrogen) atoms. The molecule has 2 unspecified atom stereocenters. The van der Waals surface area contributed by atoms with Crippen molar-refractivity contribution in [3.05, 3.63) is 0 Å². The first-order chi connectivity index (χ1) is 7.36. The molecule has 0 heterocycles. The van der Waals surface area contributed by atoms with E-state index in [1.807, 2.05) is 0 Å². The summed E-state index contributed by atoms with van der Waals surface area (Å²) in [5.74, 6) is 0.970. The van der Waals surface area contributed by atoms with E-state index in [9.17, 15) is 0 Å². The van der Waals surface area contributed by atoms with Gasteiger partial charge in [-0.2, -0.15) is 5.26 Å². The minimum absolute atomic E-state index is 0.648. The third-order valence-corrected chi connectivity index (χ3v) is 3.46. The molecule has 0 spiro atoms. The van der Waals surface area contributed by atoms with Crippen LogP contribution in [-0.4, -0.2) is 12.6 Å². The van der Waals surface area contributed by atoms with Crippen LogP contribution in [0.4, 0.5) is 0 Å². The first-order valence-corrected chi connectivity index (χ1v) is 6.47. The molecule has 0 aromatic rings. The number of nitrogens with zero attached hydrogens (tertiary/aromatic N) is 1. The van der Waals surface area contributed by atoms with Gasteiger partial charge >= 0.3 is 0 Å². The van der Waals surface area contributed by atoms with Gasteiger partial charge in [-0.25, -0.2) is 0 Å². The van der Waals surface area contributed by atoms with Gasteiger partial charge in [0.25, 0.3) is 0 Å². The lowest BCUT2D eigenvalue weighted by atomic mass is 9.95. The maximum atomic E-state index is 8.47. The fourth-order valence-corrected chi connectivity index (χ4v) is 2.61. The van der Waals surface area contributed by atoms with Gasteiger partial charge in [0.2, 0.25) is 0 Å². The lowest BCUT2D eigenvalue weighted by Gasteiger charge is -2.15. The predicted molar refractivity (Wildman–Crippen MR) is 63.5 cm³/mol. The first kappa shape index (κ1) is 12.5. The Bertz CT molecular complexity index is 195. The van der Waals surface area contributed by atoms with Gasteiger partial charge in [0.05, 0.1) is 6.07 Å². The lowest BCUT2D eigenvalue weighted by Crippen LogP contribution is -2.29. The Morgan fingerprint density at radius 2 is 2.13 bits per heavy atom. The third kappa shape index (κ3) is 5.18. The standard InChI is InChI=1S/C13H24N2/c1-2-5-12-6-3-7-13(9-8-12)15-11-4-10-14/h12-13,15H,2-9,11H2,1H3. The van der Waals surface area contributed by atoms with Crippen LogP contribution in [0.15, 0.2) is 0 Å². The summed E-state index contributed by atoms with van der Waals surface area (Å²) in [4.78, 5) is 0. The van der Waals surface area contributed by atoms with Crippen LogP contribution in [0.25, 0.3) is 0 Å². The SMILES string of the molecule is CCCC1CCCC(NCCC#N)CC1.